The van der Waals surface area contributed by atoms with Gasteiger partial charge in [0.1, 0.15) is 30.2 Å². The largest absolute Gasteiger partial charge is 0.494 e. The minimum absolute atomic E-state index is 0.258. The quantitative estimate of drug-likeness (QED) is 0.610. The van der Waals surface area contributed by atoms with Gasteiger partial charge in [-0.2, -0.15) is 0 Å². The summed E-state index contributed by atoms with van der Waals surface area (Å²) in [5.74, 6) is 0.100. The molecule has 7 nitrogen and oxygen atoms in total. The second kappa shape index (κ2) is 8.96. The average molecular weight is 437 g/mol. The molecule has 1 aromatic carbocycles. The van der Waals surface area contributed by atoms with E-state index in [9.17, 15) is 0 Å². The second-order valence-corrected chi connectivity index (χ2v) is 9.90. The van der Waals surface area contributed by atoms with E-state index in [0.29, 0.717) is 19.1 Å². The average Bonchev–Trinajstić information content (AvgIpc) is 3.17. The van der Waals surface area contributed by atoms with Gasteiger partial charge in [0.05, 0.1) is 19.8 Å². The van der Waals surface area contributed by atoms with Crippen molar-refractivity contribution in [3.63, 3.8) is 0 Å². The van der Waals surface area contributed by atoms with Crippen LogP contribution >= 0.6 is 0 Å². The number of hydrogen-bond donors (Lipinski definition) is 0. The fourth-order valence-electron chi connectivity index (χ4n) is 4.21. The Bertz CT molecular complexity index is 730. The minimum atomic E-state index is -0.718. The van der Waals surface area contributed by atoms with Crippen LogP contribution in [-0.2, 0) is 35.0 Å². The van der Waals surface area contributed by atoms with Crippen LogP contribution in [0.4, 0.5) is 0 Å². The lowest BCUT2D eigenvalue weighted by molar-refractivity contribution is -0.243. The van der Waals surface area contributed by atoms with Gasteiger partial charge in [0.25, 0.3) is 0 Å². The molecule has 0 radical (unpaired) electrons. The van der Waals surface area contributed by atoms with Crippen molar-refractivity contribution in [1.29, 1.82) is 0 Å². The Kier molecular flexibility index (Phi) is 6.64. The Morgan fingerprint density at radius 3 is 2.23 bits per heavy atom. The normalized spacial score (nSPS) is 33.3. The van der Waals surface area contributed by atoms with Gasteiger partial charge in [0, 0.05) is 0 Å². The standard InChI is InChI=1S/C24H36O7/c1-15(2)11-12-26-17-9-7-16(8-10-17)13-25-14-18-19-20(29-23(3,4)28-19)21-22(27-18)31-24(5,6)30-21/h7-10,15,18-22H,11-14H2,1-6H3/t18-,19+,20+,21-,22-/m1/s1. The Morgan fingerprint density at radius 1 is 0.871 bits per heavy atom. The molecule has 31 heavy (non-hydrogen) atoms. The van der Waals surface area contributed by atoms with Gasteiger partial charge in [-0.25, -0.2) is 0 Å². The van der Waals surface area contributed by atoms with Gasteiger partial charge in [0.2, 0.25) is 0 Å². The molecule has 5 atom stereocenters. The Balaban J connectivity index is 1.31. The predicted octanol–water partition coefficient (Wildman–Crippen LogP) is 4.02. The summed E-state index contributed by atoms with van der Waals surface area (Å²) in [5, 5.41) is 0. The van der Waals surface area contributed by atoms with Gasteiger partial charge < -0.3 is 33.2 Å². The van der Waals surface area contributed by atoms with E-state index in [2.05, 4.69) is 13.8 Å². The maximum Gasteiger partial charge on any atom is 0.190 e. The molecule has 7 heteroatoms. The molecule has 0 saturated carbocycles. The Morgan fingerprint density at radius 2 is 1.52 bits per heavy atom. The summed E-state index contributed by atoms with van der Waals surface area (Å²) in [6, 6.07) is 8.03. The molecule has 0 spiro atoms. The van der Waals surface area contributed by atoms with Crippen molar-refractivity contribution in [2.24, 2.45) is 5.92 Å². The molecule has 4 rings (SSSR count). The van der Waals surface area contributed by atoms with Crippen molar-refractivity contribution in [3.05, 3.63) is 29.8 Å². The topological polar surface area (TPSA) is 64.6 Å². The third kappa shape index (κ3) is 5.59. The molecule has 0 aliphatic carbocycles. The highest BCUT2D eigenvalue weighted by molar-refractivity contribution is 5.26. The molecule has 3 aliphatic heterocycles. The minimum Gasteiger partial charge on any atom is -0.494 e. The van der Waals surface area contributed by atoms with Crippen LogP contribution in [0.1, 0.15) is 53.5 Å². The maximum atomic E-state index is 6.18. The summed E-state index contributed by atoms with van der Waals surface area (Å²) in [6.07, 6.45) is -0.600. The third-order valence-corrected chi connectivity index (χ3v) is 5.69. The summed E-state index contributed by atoms with van der Waals surface area (Å²) >= 11 is 0. The van der Waals surface area contributed by atoms with Crippen LogP contribution < -0.4 is 4.74 Å². The van der Waals surface area contributed by atoms with Crippen molar-refractivity contribution in [1.82, 2.24) is 0 Å². The summed E-state index contributed by atoms with van der Waals surface area (Å²) in [6.45, 7) is 13.5. The van der Waals surface area contributed by atoms with Crippen LogP contribution in [0.15, 0.2) is 24.3 Å². The first-order chi connectivity index (χ1) is 14.6. The zero-order valence-corrected chi connectivity index (χ0v) is 19.5. The van der Waals surface area contributed by atoms with E-state index in [4.69, 9.17) is 33.2 Å². The van der Waals surface area contributed by atoms with E-state index in [1.54, 1.807) is 0 Å². The first-order valence-electron chi connectivity index (χ1n) is 11.3. The molecule has 3 aliphatic rings. The van der Waals surface area contributed by atoms with Gasteiger partial charge in [-0.1, -0.05) is 26.0 Å². The molecule has 1 aromatic rings. The van der Waals surface area contributed by atoms with Gasteiger partial charge in [0.15, 0.2) is 17.9 Å². The SMILES string of the molecule is CC(C)CCOc1ccc(COC[C@H]2O[C@@H]3OC(C)(C)O[C@@H]3[C@H]3OC(C)(C)O[C@H]32)cc1. The molecule has 0 unspecified atom stereocenters. The molecule has 0 N–H and O–H groups in total. The summed E-state index contributed by atoms with van der Waals surface area (Å²) < 4.78 is 42.2. The van der Waals surface area contributed by atoms with E-state index < -0.39 is 17.9 Å². The number of hydrogen-bond acceptors (Lipinski definition) is 7. The third-order valence-electron chi connectivity index (χ3n) is 5.69. The second-order valence-electron chi connectivity index (χ2n) is 9.90. The van der Waals surface area contributed by atoms with E-state index >= 15 is 0 Å². The van der Waals surface area contributed by atoms with Crippen molar-refractivity contribution < 1.29 is 33.2 Å². The number of fused-ring (bicyclic) bond motifs is 3. The zero-order chi connectivity index (χ0) is 22.2. The van der Waals surface area contributed by atoms with Gasteiger partial charge in [-0.15, -0.1) is 0 Å². The van der Waals surface area contributed by atoms with Gasteiger partial charge in [-0.3, -0.25) is 0 Å². The molecular weight excluding hydrogens is 400 g/mol. The highest BCUT2D eigenvalue weighted by Crippen LogP contribution is 2.44. The lowest BCUT2D eigenvalue weighted by Crippen LogP contribution is -2.56. The fourth-order valence-corrected chi connectivity index (χ4v) is 4.21. The van der Waals surface area contributed by atoms with E-state index in [1.807, 2.05) is 52.0 Å². The Hall–Kier alpha value is -1.22. The van der Waals surface area contributed by atoms with Gasteiger partial charge in [-0.05, 0) is 57.7 Å². The maximum absolute atomic E-state index is 6.18. The lowest BCUT2D eigenvalue weighted by atomic mass is 9.99. The van der Waals surface area contributed by atoms with Gasteiger partial charge >= 0.3 is 0 Å². The molecule has 3 fully saturated rings. The summed E-state index contributed by atoms with van der Waals surface area (Å²) in [5.41, 5.74) is 1.08. The smallest absolute Gasteiger partial charge is 0.190 e. The Labute approximate surface area is 185 Å². The number of benzene rings is 1. The number of rotatable bonds is 8. The van der Waals surface area contributed by atoms with Crippen molar-refractivity contribution in [2.45, 2.75) is 96.9 Å². The van der Waals surface area contributed by atoms with Crippen molar-refractivity contribution in [2.75, 3.05) is 13.2 Å². The highest BCUT2D eigenvalue weighted by atomic mass is 16.9. The van der Waals surface area contributed by atoms with Crippen LogP contribution in [0.2, 0.25) is 0 Å². The molecule has 0 bridgehead atoms. The lowest BCUT2D eigenvalue weighted by Gasteiger charge is -2.37. The molecular formula is C24H36O7. The van der Waals surface area contributed by atoms with Crippen molar-refractivity contribution in [3.8, 4) is 5.75 Å². The van der Waals surface area contributed by atoms with Crippen LogP contribution in [0.25, 0.3) is 0 Å². The van der Waals surface area contributed by atoms with E-state index in [-0.39, 0.29) is 24.4 Å². The fraction of sp³-hybridized carbons (Fsp3) is 0.750. The monoisotopic (exact) mass is 436 g/mol. The van der Waals surface area contributed by atoms with E-state index in [1.165, 1.54) is 0 Å². The molecule has 3 heterocycles. The predicted molar refractivity (Wildman–Crippen MR) is 114 cm³/mol. The molecule has 0 amide bonds. The molecule has 174 valence electrons. The molecule has 0 aromatic heterocycles. The zero-order valence-electron chi connectivity index (χ0n) is 19.5. The number of ether oxygens (including phenoxy) is 7. The summed E-state index contributed by atoms with van der Waals surface area (Å²) in [4.78, 5) is 0. The van der Waals surface area contributed by atoms with Crippen LogP contribution in [0, 0.1) is 5.92 Å². The van der Waals surface area contributed by atoms with Crippen molar-refractivity contribution >= 4 is 0 Å². The van der Waals surface area contributed by atoms with Crippen LogP contribution in [-0.4, -0.2) is 55.5 Å². The highest BCUT2D eigenvalue weighted by Gasteiger charge is 2.60. The van der Waals surface area contributed by atoms with E-state index in [0.717, 1.165) is 24.3 Å². The first kappa shape index (κ1) is 23.0. The van der Waals surface area contributed by atoms with Crippen LogP contribution in [0.3, 0.4) is 0 Å². The molecule has 3 saturated heterocycles. The summed E-state index contributed by atoms with van der Waals surface area (Å²) in [7, 11) is 0. The van der Waals surface area contributed by atoms with Crippen LogP contribution in [0.5, 0.6) is 5.75 Å². The first-order valence-corrected chi connectivity index (χ1v) is 11.3.